The van der Waals surface area contributed by atoms with E-state index < -0.39 is 0 Å². The van der Waals surface area contributed by atoms with Crippen molar-refractivity contribution in [3.8, 4) is 5.75 Å². The lowest BCUT2D eigenvalue weighted by molar-refractivity contribution is -0.118. The molecule has 6 heteroatoms. The van der Waals surface area contributed by atoms with Gasteiger partial charge in [0.25, 0.3) is 5.91 Å². The normalized spacial score (nSPS) is 19.0. The van der Waals surface area contributed by atoms with E-state index in [0.717, 1.165) is 24.9 Å². The summed E-state index contributed by atoms with van der Waals surface area (Å²) in [4.78, 5) is 26.0. The number of ether oxygens (including phenoxy) is 1. The fraction of sp³-hybridized carbons (Fsp3) is 0.263. The second kappa shape index (κ2) is 6.47. The highest BCUT2D eigenvalue weighted by Gasteiger charge is 2.30. The zero-order valence-corrected chi connectivity index (χ0v) is 13.7. The molecule has 6 nitrogen and oxygen atoms in total. The first-order chi connectivity index (χ1) is 12.2. The number of fused-ring (bicyclic) bond motifs is 1. The molecule has 2 heterocycles. The minimum absolute atomic E-state index is 0.0191. The number of hydrogen-bond donors (Lipinski definition) is 2. The van der Waals surface area contributed by atoms with E-state index in [2.05, 4.69) is 22.8 Å². The molecule has 25 heavy (non-hydrogen) atoms. The molecule has 0 saturated carbocycles. The predicted octanol–water partition coefficient (Wildman–Crippen LogP) is 3.39. The van der Waals surface area contributed by atoms with E-state index in [4.69, 9.17) is 4.74 Å². The van der Waals surface area contributed by atoms with Gasteiger partial charge in [-0.2, -0.15) is 0 Å². The molecule has 2 aliphatic heterocycles. The van der Waals surface area contributed by atoms with E-state index in [1.165, 1.54) is 0 Å². The summed E-state index contributed by atoms with van der Waals surface area (Å²) in [6.45, 7) is 0.751. The van der Waals surface area contributed by atoms with Gasteiger partial charge in [-0.3, -0.25) is 4.79 Å². The molecule has 1 fully saturated rings. The summed E-state index contributed by atoms with van der Waals surface area (Å²) < 4.78 is 5.34. The van der Waals surface area contributed by atoms with Gasteiger partial charge >= 0.3 is 6.03 Å². The van der Waals surface area contributed by atoms with Gasteiger partial charge in [0.05, 0.1) is 11.7 Å². The first kappa shape index (κ1) is 15.5. The van der Waals surface area contributed by atoms with Gasteiger partial charge < -0.3 is 20.3 Å². The van der Waals surface area contributed by atoms with E-state index in [1.807, 2.05) is 23.1 Å². The van der Waals surface area contributed by atoms with Crippen LogP contribution in [0.3, 0.4) is 0 Å². The lowest BCUT2D eigenvalue weighted by atomic mass is 10.1. The molecule has 0 bridgehead atoms. The highest BCUT2D eigenvalue weighted by atomic mass is 16.5. The fourth-order valence-electron chi connectivity index (χ4n) is 3.39. The van der Waals surface area contributed by atoms with Crippen LogP contribution in [0.15, 0.2) is 48.5 Å². The minimum atomic E-state index is -0.195. The molecule has 0 aliphatic carbocycles. The van der Waals surface area contributed by atoms with E-state index in [1.54, 1.807) is 18.2 Å². The topological polar surface area (TPSA) is 70.7 Å². The molecular formula is C19H19N3O3. The minimum Gasteiger partial charge on any atom is -0.482 e. The molecule has 2 aromatic rings. The lowest BCUT2D eigenvalue weighted by Crippen LogP contribution is -2.34. The number of anilines is 2. The number of carbonyl (C=O) groups is 2. The van der Waals surface area contributed by atoms with Crippen LogP contribution in [0.25, 0.3) is 0 Å². The van der Waals surface area contributed by atoms with Gasteiger partial charge in [0.15, 0.2) is 6.61 Å². The Labute approximate surface area is 145 Å². The van der Waals surface area contributed by atoms with E-state index >= 15 is 0 Å². The van der Waals surface area contributed by atoms with Crippen LogP contribution in [0.4, 0.5) is 16.2 Å². The monoisotopic (exact) mass is 337 g/mol. The number of nitrogens with zero attached hydrogens (tertiary/aromatic N) is 1. The average Bonchev–Trinajstić information content (AvgIpc) is 3.12. The van der Waals surface area contributed by atoms with Crippen molar-refractivity contribution in [2.45, 2.75) is 18.9 Å². The Morgan fingerprint density at radius 2 is 2.04 bits per heavy atom. The Balaban J connectivity index is 1.50. The first-order valence-electron chi connectivity index (χ1n) is 8.40. The molecule has 0 spiro atoms. The van der Waals surface area contributed by atoms with Gasteiger partial charge in [-0.05, 0) is 36.6 Å². The van der Waals surface area contributed by atoms with E-state index in [0.29, 0.717) is 17.1 Å². The van der Waals surface area contributed by atoms with Crippen LogP contribution in [0.1, 0.15) is 24.4 Å². The van der Waals surface area contributed by atoms with Crippen molar-refractivity contribution in [3.05, 3.63) is 54.1 Å². The molecular weight excluding hydrogens is 318 g/mol. The molecule has 2 aliphatic rings. The highest BCUT2D eigenvalue weighted by Crippen LogP contribution is 2.34. The number of nitrogens with one attached hydrogen (secondary N) is 2. The maximum Gasteiger partial charge on any atom is 0.322 e. The maximum absolute atomic E-state index is 12.7. The second-order valence-corrected chi connectivity index (χ2v) is 6.24. The van der Waals surface area contributed by atoms with Gasteiger partial charge in [0.1, 0.15) is 5.75 Å². The Bertz CT molecular complexity index is 807. The quantitative estimate of drug-likeness (QED) is 0.882. The number of likely N-dealkylation sites (tertiary alicyclic amines) is 1. The predicted molar refractivity (Wildman–Crippen MR) is 94.7 cm³/mol. The zero-order valence-electron chi connectivity index (χ0n) is 13.7. The largest absolute Gasteiger partial charge is 0.482 e. The van der Waals surface area contributed by atoms with Crippen molar-refractivity contribution >= 4 is 23.3 Å². The third-order valence-corrected chi connectivity index (χ3v) is 4.56. The molecule has 2 N–H and O–H groups in total. The molecule has 2 aromatic carbocycles. The number of hydrogen-bond acceptors (Lipinski definition) is 3. The Morgan fingerprint density at radius 3 is 2.88 bits per heavy atom. The average molecular weight is 337 g/mol. The molecule has 4 rings (SSSR count). The van der Waals surface area contributed by atoms with Gasteiger partial charge in [0, 0.05) is 12.2 Å². The third-order valence-electron chi connectivity index (χ3n) is 4.56. The van der Waals surface area contributed by atoms with Crippen LogP contribution < -0.4 is 15.4 Å². The van der Waals surface area contributed by atoms with E-state index in [-0.39, 0.29) is 24.6 Å². The van der Waals surface area contributed by atoms with Gasteiger partial charge in [-0.1, -0.05) is 30.3 Å². The smallest absolute Gasteiger partial charge is 0.322 e. The summed E-state index contributed by atoms with van der Waals surface area (Å²) in [7, 11) is 0. The highest BCUT2D eigenvalue weighted by molar-refractivity contribution is 5.97. The molecule has 0 unspecified atom stereocenters. The summed E-state index contributed by atoms with van der Waals surface area (Å²) >= 11 is 0. The molecule has 0 aromatic heterocycles. The third kappa shape index (κ3) is 3.15. The van der Waals surface area contributed by atoms with Gasteiger partial charge in [-0.15, -0.1) is 0 Å². The van der Waals surface area contributed by atoms with Gasteiger partial charge in [-0.25, -0.2) is 4.79 Å². The summed E-state index contributed by atoms with van der Waals surface area (Å²) in [5, 5.41) is 5.68. The number of urea groups is 1. The standard InChI is InChI=1S/C19H19N3O3/c23-18-12-25-17-9-8-14(11-15(17)21-18)20-19(24)22-10-4-7-16(22)13-5-2-1-3-6-13/h1-3,5-6,8-9,11,16H,4,7,10,12H2,(H,20,24)(H,21,23)/t16-/m0/s1. The number of amides is 3. The van der Waals surface area contributed by atoms with Crippen LogP contribution in [0.2, 0.25) is 0 Å². The van der Waals surface area contributed by atoms with Crippen LogP contribution in [-0.4, -0.2) is 30.0 Å². The van der Waals surface area contributed by atoms with Crippen LogP contribution in [0, 0.1) is 0 Å². The molecule has 128 valence electrons. The zero-order chi connectivity index (χ0) is 17.2. The molecule has 1 saturated heterocycles. The van der Waals surface area contributed by atoms with Crippen molar-refractivity contribution < 1.29 is 14.3 Å². The van der Waals surface area contributed by atoms with Crippen molar-refractivity contribution in [1.29, 1.82) is 0 Å². The van der Waals surface area contributed by atoms with Crippen LogP contribution >= 0.6 is 0 Å². The van der Waals surface area contributed by atoms with Crippen LogP contribution in [-0.2, 0) is 4.79 Å². The second-order valence-electron chi connectivity index (χ2n) is 6.24. The number of rotatable bonds is 2. The Hall–Kier alpha value is -3.02. The Kier molecular flexibility index (Phi) is 4.01. The summed E-state index contributed by atoms with van der Waals surface area (Å²) in [5.41, 5.74) is 2.37. The Morgan fingerprint density at radius 1 is 1.20 bits per heavy atom. The fourth-order valence-corrected chi connectivity index (χ4v) is 3.39. The van der Waals surface area contributed by atoms with Gasteiger partial charge in [0.2, 0.25) is 0 Å². The number of benzene rings is 2. The summed E-state index contributed by atoms with van der Waals surface area (Å²) in [6, 6.07) is 15.3. The summed E-state index contributed by atoms with van der Waals surface area (Å²) in [5.74, 6) is 0.417. The van der Waals surface area contributed by atoms with Crippen molar-refractivity contribution in [3.63, 3.8) is 0 Å². The molecule has 0 radical (unpaired) electrons. The SMILES string of the molecule is O=C1COc2ccc(NC(=O)N3CCC[C@H]3c3ccccc3)cc2N1. The van der Waals surface area contributed by atoms with Crippen molar-refractivity contribution in [2.24, 2.45) is 0 Å². The van der Waals surface area contributed by atoms with Crippen molar-refractivity contribution in [2.75, 3.05) is 23.8 Å². The van der Waals surface area contributed by atoms with Crippen molar-refractivity contribution in [1.82, 2.24) is 4.90 Å². The maximum atomic E-state index is 12.7. The molecule has 1 atom stereocenters. The van der Waals surface area contributed by atoms with Crippen LogP contribution in [0.5, 0.6) is 5.75 Å². The first-order valence-corrected chi connectivity index (χ1v) is 8.40. The molecule has 3 amide bonds. The van der Waals surface area contributed by atoms with E-state index in [9.17, 15) is 9.59 Å². The lowest BCUT2D eigenvalue weighted by Gasteiger charge is -2.26. The summed E-state index contributed by atoms with van der Waals surface area (Å²) in [6.07, 6.45) is 1.95. The number of carbonyl (C=O) groups excluding carboxylic acids is 2.